The quantitative estimate of drug-likeness (QED) is 0.343. The summed E-state index contributed by atoms with van der Waals surface area (Å²) in [7, 11) is 0. The van der Waals surface area contributed by atoms with E-state index in [0.29, 0.717) is 12.1 Å². The minimum absolute atomic E-state index is 0.0116. The van der Waals surface area contributed by atoms with Crippen molar-refractivity contribution in [3.8, 4) is 0 Å². The molecule has 2 rings (SSSR count). The molecule has 0 radical (unpaired) electrons. The SMILES string of the molecule is O=C(Cc1ccccc1[N+](=O)[O-])NCCCSc1ccc(F)cc1. The van der Waals surface area contributed by atoms with Crippen molar-refractivity contribution in [2.45, 2.75) is 17.7 Å². The Morgan fingerprint density at radius 2 is 1.88 bits per heavy atom. The molecule has 0 aliphatic heterocycles. The van der Waals surface area contributed by atoms with Crippen molar-refractivity contribution in [2.24, 2.45) is 0 Å². The molecule has 0 heterocycles. The molecule has 0 aromatic heterocycles. The van der Waals surface area contributed by atoms with Gasteiger partial charge in [-0.3, -0.25) is 14.9 Å². The van der Waals surface area contributed by atoms with Crippen LogP contribution in [0.5, 0.6) is 0 Å². The smallest absolute Gasteiger partial charge is 0.273 e. The molecule has 7 heteroatoms. The number of nitro benzene ring substituents is 1. The zero-order valence-corrected chi connectivity index (χ0v) is 13.7. The van der Waals surface area contributed by atoms with E-state index in [0.717, 1.165) is 17.1 Å². The maximum Gasteiger partial charge on any atom is 0.273 e. The van der Waals surface area contributed by atoms with Gasteiger partial charge in [-0.25, -0.2) is 4.39 Å². The van der Waals surface area contributed by atoms with E-state index in [-0.39, 0.29) is 23.8 Å². The highest BCUT2D eigenvalue weighted by Gasteiger charge is 2.14. The Bertz CT molecular complexity index is 707. The summed E-state index contributed by atoms with van der Waals surface area (Å²) in [4.78, 5) is 23.3. The molecule has 1 amide bonds. The van der Waals surface area contributed by atoms with Crippen molar-refractivity contribution in [3.63, 3.8) is 0 Å². The Balaban J connectivity index is 1.70. The fraction of sp³-hybridized carbons (Fsp3) is 0.235. The zero-order valence-electron chi connectivity index (χ0n) is 12.9. The summed E-state index contributed by atoms with van der Waals surface area (Å²) in [6.07, 6.45) is 0.743. The van der Waals surface area contributed by atoms with Crippen LogP contribution in [0.3, 0.4) is 0 Å². The molecule has 0 aliphatic rings. The lowest BCUT2D eigenvalue weighted by atomic mass is 10.1. The van der Waals surface area contributed by atoms with Gasteiger partial charge in [-0.1, -0.05) is 18.2 Å². The molecule has 0 bridgehead atoms. The molecule has 0 spiro atoms. The fourth-order valence-electron chi connectivity index (χ4n) is 2.09. The molecule has 24 heavy (non-hydrogen) atoms. The van der Waals surface area contributed by atoms with Gasteiger partial charge in [-0.2, -0.15) is 0 Å². The number of nitro groups is 1. The molecule has 0 unspecified atom stereocenters. The Morgan fingerprint density at radius 3 is 2.58 bits per heavy atom. The Morgan fingerprint density at radius 1 is 1.17 bits per heavy atom. The molecule has 0 saturated heterocycles. The van der Waals surface area contributed by atoms with Crippen LogP contribution in [0.1, 0.15) is 12.0 Å². The summed E-state index contributed by atoms with van der Waals surface area (Å²) in [5.41, 5.74) is 0.361. The van der Waals surface area contributed by atoms with Gasteiger partial charge in [0.1, 0.15) is 5.82 Å². The molecular formula is C17H17FN2O3S. The van der Waals surface area contributed by atoms with Crippen LogP contribution in [0.25, 0.3) is 0 Å². The van der Waals surface area contributed by atoms with E-state index in [2.05, 4.69) is 5.32 Å². The third-order valence-electron chi connectivity index (χ3n) is 3.26. The van der Waals surface area contributed by atoms with Crippen molar-refractivity contribution < 1.29 is 14.1 Å². The second-order valence-electron chi connectivity index (χ2n) is 5.07. The van der Waals surface area contributed by atoms with E-state index in [4.69, 9.17) is 0 Å². The summed E-state index contributed by atoms with van der Waals surface area (Å²) in [6.45, 7) is 0.494. The largest absolute Gasteiger partial charge is 0.356 e. The molecule has 1 N–H and O–H groups in total. The van der Waals surface area contributed by atoms with Crippen molar-refractivity contribution in [1.29, 1.82) is 0 Å². The molecule has 126 valence electrons. The van der Waals surface area contributed by atoms with E-state index >= 15 is 0 Å². The third kappa shape index (κ3) is 5.66. The van der Waals surface area contributed by atoms with Crippen molar-refractivity contribution in [3.05, 3.63) is 70.0 Å². The molecule has 0 aliphatic carbocycles. The number of amides is 1. The number of rotatable bonds is 8. The molecule has 0 saturated carbocycles. The maximum atomic E-state index is 12.8. The van der Waals surface area contributed by atoms with Gasteiger partial charge in [0.2, 0.25) is 5.91 Å². The number of carbonyl (C=O) groups is 1. The van der Waals surface area contributed by atoms with E-state index in [9.17, 15) is 19.3 Å². The minimum atomic E-state index is -0.484. The Hall–Kier alpha value is -2.41. The predicted molar refractivity (Wildman–Crippen MR) is 91.6 cm³/mol. The average Bonchev–Trinajstić information content (AvgIpc) is 2.56. The van der Waals surface area contributed by atoms with Crippen molar-refractivity contribution in [2.75, 3.05) is 12.3 Å². The van der Waals surface area contributed by atoms with Crippen LogP contribution in [0.15, 0.2) is 53.4 Å². The van der Waals surface area contributed by atoms with Gasteiger partial charge in [0.25, 0.3) is 5.69 Å². The first-order valence-corrected chi connectivity index (χ1v) is 8.42. The monoisotopic (exact) mass is 348 g/mol. The van der Waals surface area contributed by atoms with Gasteiger partial charge < -0.3 is 5.32 Å². The minimum Gasteiger partial charge on any atom is -0.356 e. The van der Waals surface area contributed by atoms with Crippen LogP contribution in [-0.2, 0) is 11.2 Å². The summed E-state index contributed by atoms with van der Waals surface area (Å²) in [5, 5.41) is 13.7. The van der Waals surface area contributed by atoms with Crippen LogP contribution in [-0.4, -0.2) is 23.1 Å². The van der Waals surface area contributed by atoms with Crippen LogP contribution >= 0.6 is 11.8 Å². The normalized spacial score (nSPS) is 10.4. The summed E-state index contributed by atoms with van der Waals surface area (Å²) in [6, 6.07) is 12.5. The van der Waals surface area contributed by atoms with Gasteiger partial charge in [0.05, 0.1) is 11.3 Å². The summed E-state index contributed by atoms with van der Waals surface area (Å²) < 4.78 is 12.8. The Kier molecular flexibility index (Phi) is 6.74. The van der Waals surface area contributed by atoms with Gasteiger partial charge >= 0.3 is 0 Å². The number of hydrogen-bond acceptors (Lipinski definition) is 4. The Labute approximate surface area is 143 Å². The van der Waals surface area contributed by atoms with E-state index in [1.54, 1.807) is 42.1 Å². The summed E-state index contributed by atoms with van der Waals surface area (Å²) in [5.74, 6) is 0.287. The van der Waals surface area contributed by atoms with Crippen molar-refractivity contribution in [1.82, 2.24) is 5.32 Å². The number of benzene rings is 2. The molecule has 2 aromatic rings. The van der Waals surface area contributed by atoms with Crippen LogP contribution in [0.4, 0.5) is 10.1 Å². The van der Waals surface area contributed by atoms with Crippen LogP contribution < -0.4 is 5.32 Å². The lowest BCUT2D eigenvalue weighted by Crippen LogP contribution is -2.26. The number of carbonyl (C=O) groups excluding carboxylic acids is 1. The highest BCUT2D eigenvalue weighted by Crippen LogP contribution is 2.19. The molecule has 2 aromatic carbocycles. The van der Waals surface area contributed by atoms with Gasteiger partial charge in [0, 0.05) is 23.1 Å². The number of nitrogens with zero attached hydrogens (tertiary/aromatic N) is 1. The molecule has 5 nitrogen and oxygen atoms in total. The molecule has 0 fully saturated rings. The summed E-state index contributed by atoms with van der Waals surface area (Å²) >= 11 is 1.58. The predicted octanol–water partition coefficient (Wildman–Crippen LogP) is 3.58. The van der Waals surface area contributed by atoms with Crippen LogP contribution in [0.2, 0.25) is 0 Å². The maximum absolute atomic E-state index is 12.8. The number of para-hydroxylation sites is 1. The lowest BCUT2D eigenvalue weighted by Gasteiger charge is -2.06. The third-order valence-corrected chi connectivity index (χ3v) is 4.36. The first-order valence-electron chi connectivity index (χ1n) is 7.43. The number of hydrogen-bond donors (Lipinski definition) is 1. The van der Waals surface area contributed by atoms with Crippen molar-refractivity contribution >= 4 is 23.4 Å². The topological polar surface area (TPSA) is 72.2 Å². The highest BCUT2D eigenvalue weighted by molar-refractivity contribution is 7.99. The number of thioether (sulfide) groups is 1. The highest BCUT2D eigenvalue weighted by atomic mass is 32.2. The van der Waals surface area contributed by atoms with E-state index < -0.39 is 4.92 Å². The van der Waals surface area contributed by atoms with E-state index in [1.165, 1.54) is 18.2 Å². The number of nitrogens with one attached hydrogen (secondary N) is 1. The second-order valence-corrected chi connectivity index (χ2v) is 6.24. The zero-order chi connectivity index (χ0) is 17.4. The van der Waals surface area contributed by atoms with E-state index in [1.807, 2.05) is 0 Å². The lowest BCUT2D eigenvalue weighted by molar-refractivity contribution is -0.385. The molecular weight excluding hydrogens is 331 g/mol. The first kappa shape index (κ1) is 17.9. The second kappa shape index (κ2) is 9.02. The fourth-order valence-corrected chi connectivity index (χ4v) is 2.95. The first-order chi connectivity index (χ1) is 11.6. The molecule has 0 atom stereocenters. The van der Waals surface area contributed by atoms with Gasteiger partial charge in [0.15, 0.2) is 0 Å². The standard InChI is InChI=1S/C17H17FN2O3S/c18-14-6-8-15(9-7-14)24-11-3-10-19-17(21)12-13-4-1-2-5-16(13)20(22)23/h1-2,4-9H,3,10-12H2,(H,19,21). The number of halogens is 1. The average molecular weight is 348 g/mol. The van der Waals surface area contributed by atoms with Crippen LogP contribution in [0, 0.1) is 15.9 Å². The van der Waals surface area contributed by atoms with Gasteiger partial charge in [-0.05, 0) is 36.4 Å². The van der Waals surface area contributed by atoms with Gasteiger partial charge in [-0.15, -0.1) is 11.8 Å².